The van der Waals surface area contributed by atoms with Crippen LogP contribution in [-0.4, -0.2) is 70.4 Å². The molecular formula is C23H33NO9. The van der Waals surface area contributed by atoms with Gasteiger partial charge in [-0.15, -0.1) is 0 Å². The highest BCUT2D eigenvalue weighted by atomic mass is 16.7. The summed E-state index contributed by atoms with van der Waals surface area (Å²) in [5, 5.41) is 31.0. The Morgan fingerprint density at radius 2 is 1.88 bits per heavy atom. The molecule has 0 saturated carbocycles. The van der Waals surface area contributed by atoms with Gasteiger partial charge in [-0.2, -0.15) is 0 Å². The van der Waals surface area contributed by atoms with Gasteiger partial charge in [-0.25, -0.2) is 0 Å². The van der Waals surface area contributed by atoms with Crippen molar-refractivity contribution in [2.45, 2.75) is 83.1 Å². The molecule has 0 radical (unpaired) electrons. The summed E-state index contributed by atoms with van der Waals surface area (Å²) in [6, 6.07) is 6.70. The number of aliphatic carboxylic acids is 1. The summed E-state index contributed by atoms with van der Waals surface area (Å²) >= 11 is 0. The summed E-state index contributed by atoms with van der Waals surface area (Å²) in [4.78, 5) is 34.8. The highest BCUT2D eigenvalue weighted by molar-refractivity contribution is 5.81. The third kappa shape index (κ3) is 9.77. The van der Waals surface area contributed by atoms with Gasteiger partial charge in [0.25, 0.3) is 0 Å². The first-order chi connectivity index (χ1) is 15.6. The minimum Gasteiger partial charge on any atom is -0.508 e. The van der Waals surface area contributed by atoms with Gasteiger partial charge in [-0.1, -0.05) is 12.1 Å². The molecule has 4 N–H and O–H groups in total. The Labute approximate surface area is 192 Å². The van der Waals surface area contributed by atoms with Gasteiger partial charge in [0.05, 0.1) is 18.6 Å². The lowest BCUT2D eigenvalue weighted by Gasteiger charge is -2.38. The summed E-state index contributed by atoms with van der Waals surface area (Å²) in [5.74, 6) is -1.59. The first-order valence-electron chi connectivity index (χ1n) is 11.1. The fourth-order valence-corrected chi connectivity index (χ4v) is 3.36. The number of aliphatic hydroxyl groups is 1. The average Bonchev–Trinajstić information content (AvgIpc) is 2.75. The Hall–Kier alpha value is -2.69. The fourth-order valence-electron chi connectivity index (χ4n) is 3.36. The summed E-state index contributed by atoms with van der Waals surface area (Å²) in [6.45, 7) is 3.80. The molecule has 0 bridgehead atoms. The van der Waals surface area contributed by atoms with Crippen molar-refractivity contribution in [2.24, 2.45) is 0 Å². The molecule has 10 heteroatoms. The van der Waals surface area contributed by atoms with E-state index in [4.69, 9.17) is 19.3 Å². The highest BCUT2D eigenvalue weighted by Crippen LogP contribution is 2.25. The van der Waals surface area contributed by atoms with Gasteiger partial charge < -0.3 is 34.8 Å². The molecule has 10 nitrogen and oxygen atoms in total. The molecule has 1 aromatic rings. The number of hydrogen-bond acceptors (Lipinski definition) is 8. The minimum atomic E-state index is -1.03. The Morgan fingerprint density at radius 3 is 2.55 bits per heavy atom. The number of carbonyl (C=O) groups excluding carboxylic acids is 2. The van der Waals surface area contributed by atoms with Crippen LogP contribution in [0, 0.1) is 0 Å². The Balaban J connectivity index is 1.66. The van der Waals surface area contributed by atoms with E-state index in [0.717, 1.165) is 5.56 Å². The molecule has 184 valence electrons. The number of esters is 1. The summed E-state index contributed by atoms with van der Waals surface area (Å²) in [6.07, 6.45) is -2.77. The lowest BCUT2D eigenvalue weighted by Crippen LogP contribution is -2.49. The number of aromatic hydroxyl groups is 1. The van der Waals surface area contributed by atoms with Crippen LogP contribution in [0.2, 0.25) is 0 Å². The molecule has 1 heterocycles. The minimum absolute atomic E-state index is 0.0221. The molecule has 0 aromatic heterocycles. The summed E-state index contributed by atoms with van der Waals surface area (Å²) in [5.41, 5.74) is 0.968. The van der Waals surface area contributed by atoms with Crippen LogP contribution in [0.1, 0.15) is 51.5 Å². The van der Waals surface area contributed by atoms with Crippen LogP contribution < -0.4 is 5.32 Å². The second-order valence-corrected chi connectivity index (χ2v) is 8.19. The zero-order chi connectivity index (χ0) is 24.4. The van der Waals surface area contributed by atoms with Crippen molar-refractivity contribution < 1.29 is 43.9 Å². The Morgan fingerprint density at radius 1 is 1.18 bits per heavy atom. The number of amides is 1. The van der Waals surface area contributed by atoms with Crippen LogP contribution in [0.5, 0.6) is 5.75 Å². The molecule has 1 aliphatic rings. The van der Waals surface area contributed by atoms with Crippen molar-refractivity contribution in [1.82, 2.24) is 5.32 Å². The topological polar surface area (TPSA) is 152 Å². The number of carboxylic acid groups (broad SMARTS) is 1. The molecule has 1 fully saturated rings. The van der Waals surface area contributed by atoms with Gasteiger partial charge in [0.15, 0.2) is 6.29 Å². The van der Waals surface area contributed by atoms with Gasteiger partial charge in [0, 0.05) is 25.8 Å². The number of ether oxygens (including phenoxy) is 3. The number of hydrogen-bond donors (Lipinski definition) is 4. The highest BCUT2D eigenvalue weighted by Gasteiger charge is 2.38. The first-order valence-corrected chi connectivity index (χ1v) is 11.1. The predicted octanol–water partition coefficient (Wildman–Crippen LogP) is 1.51. The second kappa shape index (κ2) is 13.1. The summed E-state index contributed by atoms with van der Waals surface area (Å²) in [7, 11) is 0. The van der Waals surface area contributed by atoms with Crippen LogP contribution >= 0.6 is 0 Å². The summed E-state index contributed by atoms with van der Waals surface area (Å²) < 4.78 is 16.6. The average molecular weight is 468 g/mol. The largest absolute Gasteiger partial charge is 0.508 e. The van der Waals surface area contributed by atoms with Crippen LogP contribution in [0.3, 0.4) is 0 Å². The van der Waals surface area contributed by atoms with Crippen LogP contribution in [-0.2, 0) is 35.0 Å². The van der Waals surface area contributed by atoms with Gasteiger partial charge in [0.1, 0.15) is 18.0 Å². The van der Waals surface area contributed by atoms with Gasteiger partial charge in [0.2, 0.25) is 5.91 Å². The van der Waals surface area contributed by atoms with E-state index >= 15 is 0 Å². The van der Waals surface area contributed by atoms with Crippen molar-refractivity contribution in [1.29, 1.82) is 0 Å². The van der Waals surface area contributed by atoms with E-state index < -0.39 is 42.6 Å². The normalized spacial score (nSPS) is 23.5. The predicted molar refractivity (Wildman–Crippen MR) is 116 cm³/mol. The number of benzene rings is 1. The lowest BCUT2D eigenvalue weighted by molar-refractivity contribution is -0.276. The van der Waals surface area contributed by atoms with E-state index in [-0.39, 0.29) is 43.8 Å². The van der Waals surface area contributed by atoms with Crippen LogP contribution in [0.25, 0.3) is 0 Å². The quantitative estimate of drug-likeness (QED) is 0.335. The van der Waals surface area contributed by atoms with E-state index in [0.29, 0.717) is 13.0 Å². The van der Waals surface area contributed by atoms with Crippen LogP contribution in [0.15, 0.2) is 24.3 Å². The van der Waals surface area contributed by atoms with E-state index in [1.165, 1.54) is 0 Å². The number of phenolic OH excluding ortho intramolecular Hbond substituents is 1. The lowest BCUT2D eigenvalue weighted by atomic mass is 10.0. The molecular weight excluding hydrogens is 434 g/mol. The third-order valence-electron chi connectivity index (χ3n) is 5.30. The number of nitrogens with one attached hydrogen (secondary N) is 1. The molecule has 1 aliphatic heterocycles. The van der Waals surface area contributed by atoms with Crippen molar-refractivity contribution in [2.75, 3.05) is 6.54 Å². The molecule has 1 saturated heterocycles. The molecule has 0 aliphatic carbocycles. The smallest absolute Gasteiger partial charge is 0.306 e. The van der Waals surface area contributed by atoms with Gasteiger partial charge in [-0.3, -0.25) is 14.4 Å². The van der Waals surface area contributed by atoms with Gasteiger partial charge >= 0.3 is 11.9 Å². The van der Waals surface area contributed by atoms with E-state index in [9.17, 15) is 24.6 Å². The Kier molecular flexibility index (Phi) is 10.6. The molecule has 1 amide bonds. The number of phenols is 1. The van der Waals surface area contributed by atoms with E-state index in [1.807, 2.05) is 0 Å². The Bertz CT molecular complexity index is 783. The number of carboxylic acids is 1. The zero-order valence-electron chi connectivity index (χ0n) is 18.9. The molecule has 1 aromatic carbocycles. The van der Waals surface area contributed by atoms with Crippen molar-refractivity contribution in [3.8, 4) is 5.75 Å². The SMILES string of the molecule is CC(CCC(=O)O)OC1OC(C)C(OC(=O)CCC(=O)NCCc2ccc(O)cc2)CC1O. The van der Waals surface area contributed by atoms with Crippen molar-refractivity contribution in [3.05, 3.63) is 29.8 Å². The molecule has 0 spiro atoms. The van der Waals surface area contributed by atoms with Crippen LogP contribution in [0.4, 0.5) is 0 Å². The van der Waals surface area contributed by atoms with Crippen molar-refractivity contribution >= 4 is 17.8 Å². The van der Waals surface area contributed by atoms with Gasteiger partial charge in [-0.05, 0) is 44.4 Å². The molecule has 2 rings (SSSR count). The van der Waals surface area contributed by atoms with E-state index in [2.05, 4.69) is 5.32 Å². The first kappa shape index (κ1) is 26.6. The molecule has 33 heavy (non-hydrogen) atoms. The standard InChI is InChI=1S/C23H33NO9/c1-14(3-9-21(28)29)31-23-18(26)13-19(15(2)32-23)33-22(30)10-8-20(27)24-12-11-16-4-6-17(25)7-5-16/h4-7,14-15,18-19,23,25-26H,3,8-13H2,1-2H3,(H,24,27)(H,28,29). The number of aliphatic hydroxyl groups excluding tert-OH is 1. The molecule has 5 atom stereocenters. The maximum atomic E-state index is 12.2. The second-order valence-electron chi connectivity index (χ2n) is 8.19. The number of rotatable bonds is 12. The monoisotopic (exact) mass is 467 g/mol. The molecule has 5 unspecified atom stereocenters. The number of carbonyl (C=O) groups is 3. The fraction of sp³-hybridized carbons (Fsp3) is 0.609. The van der Waals surface area contributed by atoms with Crippen molar-refractivity contribution in [3.63, 3.8) is 0 Å². The van der Waals surface area contributed by atoms with E-state index in [1.54, 1.807) is 38.1 Å². The zero-order valence-corrected chi connectivity index (χ0v) is 18.9. The maximum Gasteiger partial charge on any atom is 0.306 e. The maximum absolute atomic E-state index is 12.2. The third-order valence-corrected chi connectivity index (χ3v) is 5.30.